The molecule has 2 fully saturated rings. The number of carbonyl (C=O) groups excluding carboxylic acids is 1. The summed E-state index contributed by atoms with van der Waals surface area (Å²) >= 11 is 1.91. The Morgan fingerprint density at radius 3 is 2.80 bits per heavy atom. The minimum atomic E-state index is -0.299. The van der Waals surface area contributed by atoms with Crippen molar-refractivity contribution in [2.24, 2.45) is 0 Å². The number of carbonyl (C=O) groups is 1. The van der Waals surface area contributed by atoms with Crippen molar-refractivity contribution < 1.29 is 4.79 Å². The number of amides is 1. The molecule has 25 heavy (non-hydrogen) atoms. The van der Waals surface area contributed by atoms with E-state index in [0.717, 1.165) is 56.1 Å². The van der Waals surface area contributed by atoms with E-state index in [2.05, 4.69) is 20.3 Å². The maximum Gasteiger partial charge on any atom is 0.350 e. The number of nitrogens with zero attached hydrogens (tertiary/aromatic N) is 5. The number of aromatic nitrogens is 4. The molecule has 1 saturated carbocycles. The molecule has 9 heteroatoms. The highest BCUT2D eigenvalue weighted by Crippen LogP contribution is 2.20. The van der Waals surface area contributed by atoms with Crippen LogP contribution in [0, 0.1) is 0 Å². The van der Waals surface area contributed by atoms with Gasteiger partial charge in [-0.1, -0.05) is 12.8 Å². The van der Waals surface area contributed by atoms with Gasteiger partial charge in [0.15, 0.2) is 5.82 Å². The van der Waals surface area contributed by atoms with Crippen LogP contribution in [0.2, 0.25) is 0 Å². The first-order chi connectivity index (χ1) is 12.2. The van der Waals surface area contributed by atoms with Gasteiger partial charge < -0.3 is 10.2 Å². The highest BCUT2D eigenvalue weighted by Gasteiger charge is 2.21. The fourth-order valence-corrected chi connectivity index (χ4v) is 4.42. The maximum absolute atomic E-state index is 12.6. The van der Waals surface area contributed by atoms with Crippen LogP contribution in [0.1, 0.15) is 25.7 Å². The normalized spacial score (nSPS) is 18.8. The minimum Gasteiger partial charge on any atom is -0.352 e. The van der Waals surface area contributed by atoms with Gasteiger partial charge in [-0.25, -0.2) is 18.9 Å². The molecular formula is C16H22N6O2S. The Kier molecular flexibility index (Phi) is 4.65. The van der Waals surface area contributed by atoms with Crippen molar-refractivity contribution >= 4 is 29.1 Å². The van der Waals surface area contributed by atoms with E-state index in [1.54, 1.807) is 12.4 Å². The third kappa shape index (κ3) is 3.37. The zero-order chi connectivity index (χ0) is 17.2. The van der Waals surface area contributed by atoms with Gasteiger partial charge in [0, 0.05) is 43.0 Å². The molecule has 0 radical (unpaired) electrons. The van der Waals surface area contributed by atoms with E-state index in [0.29, 0.717) is 5.65 Å². The second kappa shape index (κ2) is 7.07. The zero-order valence-corrected chi connectivity index (χ0v) is 14.9. The first-order valence-corrected chi connectivity index (χ1v) is 9.94. The van der Waals surface area contributed by atoms with E-state index in [1.165, 1.54) is 9.08 Å². The van der Waals surface area contributed by atoms with Crippen LogP contribution in [0.25, 0.3) is 5.65 Å². The number of hydrogen-bond donors (Lipinski definition) is 1. The number of thioether (sulfide) groups is 1. The summed E-state index contributed by atoms with van der Waals surface area (Å²) in [6.45, 7) is 1.73. The van der Waals surface area contributed by atoms with Crippen LogP contribution >= 0.6 is 11.8 Å². The summed E-state index contributed by atoms with van der Waals surface area (Å²) < 4.78 is 2.72. The summed E-state index contributed by atoms with van der Waals surface area (Å²) in [6.07, 6.45) is 7.58. The molecule has 134 valence electrons. The molecule has 2 aromatic heterocycles. The Hall–Kier alpha value is -2.03. The standard InChI is InChI=1S/C16H22N6O2S/c23-13(18-12-3-1-2-4-12)11-22-16(24)21-6-5-17-14(15(21)19-22)20-7-9-25-10-8-20/h5-6,12H,1-4,7-11H2,(H,18,23). The molecule has 8 nitrogen and oxygen atoms in total. The Labute approximate surface area is 149 Å². The summed E-state index contributed by atoms with van der Waals surface area (Å²) in [6, 6.07) is 0.239. The van der Waals surface area contributed by atoms with Gasteiger partial charge in [0.2, 0.25) is 11.6 Å². The average Bonchev–Trinajstić information content (AvgIpc) is 3.24. The first kappa shape index (κ1) is 16.4. The molecule has 0 aromatic carbocycles. The van der Waals surface area contributed by atoms with Crippen LogP contribution in [-0.4, -0.2) is 55.7 Å². The third-order valence-electron chi connectivity index (χ3n) is 4.81. The monoisotopic (exact) mass is 362 g/mol. The van der Waals surface area contributed by atoms with Crippen LogP contribution < -0.4 is 15.9 Å². The third-order valence-corrected chi connectivity index (χ3v) is 5.75. The van der Waals surface area contributed by atoms with Crippen molar-refractivity contribution in [1.82, 2.24) is 24.5 Å². The van der Waals surface area contributed by atoms with Crippen LogP contribution in [0.3, 0.4) is 0 Å². The van der Waals surface area contributed by atoms with Gasteiger partial charge in [0.25, 0.3) is 0 Å². The lowest BCUT2D eigenvalue weighted by molar-refractivity contribution is -0.122. The Balaban J connectivity index is 1.58. The number of fused-ring (bicyclic) bond motifs is 1. The first-order valence-electron chi connectivity index (χ1n) is 8.78. The number of nitrogens with one attached hydrogen (secondary N) is 1. The van der Waals surface area contributed by atoms with E-state index < -0.39 is 0 Å². The van der Waals surface area contributed by atoms with Gasteiger partial charge in [-0.15, -0.1) is 5.10 Å². The van der Waals surface area contributed by atoms with Crippen LogP contribution in [0.15, 0.2) is 17.2 Å². The van der Waals surface area contributed by atoms with E-state index in [9.17, 15) is 9.59 Å². The molecule has 2 aromatic rings. The van der Waals surface area contributed by atoms with E-state index in [4.69, 9.17) is 0 Å². The SMILES string of the molecule is O=C(Cn1nc2c(N3CCSCC3)nccn2c1=O)NC1CCCC1. The van der Waals surface area contributed by atoms with Crippen molar-refractivity contribution in [2.75, 3.05) is 29.5 Å². The topological polar surface area (TPSA) is 84.5 Å². The van der Waals surface area contributed by atoms with E-state index in [1.807, 2.05) is 11.8 Å². The molecule has 0 unspecified atom stereocenters. The van der Waals surface area contributed by atoms with Gasteiger partial charge in [0.1, 0.15) is 6.54 Å². The fourth-order valence-electron chi connectivity index (χ4n) is 3.52. The van der Waals surface area contributed by atoms with Gasteiger partial charge in [-0.3, -0.25) is 4.79 Å². The fraction of sp³-hybridized carbons (Fsp3) is 0.625. The molecule has 1 saturated heterocycles. The van der Waals surface area contributed by atoms with Crippen molar-refractivity contribution in [2.45, 2.75) is 38.3 Å². The number of rotatable bonds is 4. The van der Waals surface area contributed by atoms with Gasteiger partial charge in [0.05, 0.1) is 0 Å². The Morgan fingerprint density at radius 2 is 2.04 bits per heavy atom. The molecule has 1 aliphatic heterocycles. The second-order valence-electron chi connectivity index (χ2n) is 6.53. The van der Waals surface area contributed by atoms with E-state index in [-0.39, 0.29) is 24.2 Å². The summed E-state index contributed by atoms with van der Waals surface area (Å²) in [5.74, 6) is 2.64. The lowest BCUT2D eigenvalue weighted by atomic mass is 10.2. The summed E-state index contributed by atoms with van der Waals surface area (Å²) in [4.78, 5) is 31.4. The molecule has 0 bridgehead atoms. The van der Waals surface area contributed by atoms with Crippen LogP contribution in [-0.2, 0) is 11.3 Å². The zero-order valence-electron chi connectivity index (χ0n) is 14.1. The Bertz CT molecular complexity index is 820. The lowest BCUT2D eigenvalue weighted by Crippen LogP contribution is -2.37. The highest BCUT2D eigenvalue weighted by atomic mass is 32.2. The number of hydrogen-bond acceptors (Lipinski definition) is 6. The van der Waals surface area contributed by atoms with Crippen LogP contribution in [0.5, 0.6) is 0 Å². The molecule has 0 atom stereocenters. The van der Waals surface area contributed by atoms with Gasteiger partial charge in [-0.2, -0.15) is 11.8 Å². The van der Waals surface area contributed by atoms with Crippen molar-refractivity contribution in [3.8, 4) is 0 Å². The van der Waals surface area contributed by atoms with Crippen molar-refractivity contribution in [1.29, 1.82) is 0 Å². The summed E-state index contributed by atoms with van der Waals surface area (Å²) in [5.41, 5.74) is 0.222. The van der Waals surface area contributed by atoms with Crippen molar-refractivity contribution in [3.05, 3.63) is 22.9 Å². The molecule has 1 amide bonds. The van der Waals surface area contributed by atoms with Crippen LogP contribution in [0.4, 0.5) is 5.82 Å². The number of anilines is 1. The van der Waals surface area contributed by atoms with Gasteiger partial charge in [-0.05, 0) is 12.8 Å². The molecule has 0 spiro atoms. The summed E-state index contributed by atoms with van der Waals surface area (Å²) in [7, 11) is 0. The molecule has 3 heterocycles. The predicted octanol–water partition coefficient (Wildman–Crippen LogP) is 0.503. The van der Waals surface area contributed by atoms with E-state index >= 15 is 0 Å². The van der Waals surface area contributed by atoms with Crippen molar-refractivity contribution in [3.63, 3.8) is 0 Å². The molecule has 4 rings (SSSR count). The predicted molar refractivity (Wildman–Crippen MR) is 97.2 cm³/mol. The Morgan fingerprint density at radius 1 is 1.28 bits per heavy atom. The minimum absolute atomic E-state index is 0.0493. The highest BCUT2D eigenvalue weighted by molar-refractivity contribution is 7.99. The van der Waals surface area contributed by atoms with Gasteiger partial charge >= 0.3 is 5.69 Å². The molecule has 2 aliphatic rings. The smallest absolute Gasteiger partial charge is 0.350 e. The molecule has 1 aliphatic carbocycles. The molecule has 1 N–H and O–H groups in total. The largest absolute Gasteiger partial charge is 0.352 e. The maximum atomic E-state index is 12.6. The average molecular weight is 362 g/mol. The molecular weight excluding hydrogens is 340 g/mol. The summed E-state index contributed by atoms with van der Waals surface area (Å²) in [5, 5.41) is 7.40. The lowest BCUT2D eigenvalue weighted by Gasteiger charge is -2.27. The second-order valence-corrected chi connectivity index (χ2v) is 7.76. The quantitative estimate of drug-likeness (QED) is 0.853.